The molecule has 0 aliphatic carbocycles. The quantitative estimate of drug-likeness (QED) is 0.478. The summed E-state index contributed by atoms with van der Waals surface area (Å²) in [7, 11) is 1.37. The molecule has 190 valence electrons. The minimum atomic E-state index is -0.840. The molecule has 0 aromatic carbocycles. The fraction of sp³-hybridized carbons (Fsp3) is 0.826. The summed E-state index contributed by atoms with van der Waals surface area (Å²) in [6, 6.07) is 0. The minimum absolute atomic E-state index is 0.221. The zero-order valence-corrected chi connectivity index (χ0v) is 21.0. The summed E-state index contributed by atoms with van der Waals surface area (Å²) in [5.41, 5.74) is -1.04. The SMILES string of the molecule is CC(C)(C)OC(=O)N1CCC[C@@H](C(=O)O)C1.COC(=O)[C@@H]1CCCN(C(=O)OC(C)(C)C)C1. The van der Waals surface area contributed by atoms with Crippen molar-refractivity contribution in [1.82, 2.24) is 9.80 Å². The Balaban J connectivity index is 0.000000331. The third kappa shape index (κ3) is 10.8. The third-order valence-corrected chi connectivity index (χ3v) is 5.03. The molecule has 2 saturated heterocycles. The Morgan fingerprint density at radius 3 is 1.52 bits per heavy atom. The van der Waals surface area contributed by atoms with Crippen LogP contribution in [0, 0.1) is 11.8 Å². The van der Waals surface area contributed by atoms with Crippen molar-refractivity contribution in [3.05, 3.63) is 0 Å². The molecule has 1 N–H and O–H groups in total. The summed E-state index contributed by atoms with van der Waals surface area (Å²) in [6.07, 6.45) is 2.15. The number of aliphatic carboxylic acids is 1. The van der Waals surface area contributed by atoms with E-state index in [1.54, 1.807) is 25.7 Å². The van der Waals surface area contributed by atoms with Crippen LogP contribution < -0.4 is 0 Å². The van der Waals surface area contributed by atoms with Crippen molar-refractivity contribution in [2.45, 2.75) is 78.4 Å². The van der Waals surface area contributed by atoms with Crippen molar-refractivity contribution in [3.8, 4) is 0 Å². The highest BCUT2D eigenvalue weighted by Crippen LogP contribution is 2.21. The van der Waals surface area contributed by atoms with Crippen molar-refractivity contribution < 1.29 is 38.5 Å². The number of carboxylic acid groups (broad SMARTS) is 1. The highest BCUT2D eigenvalue weighted by molar-refractivity contribution is 5.75. The molecule has 0 radical (unpaired) electrons. The van der Waals surface area contributed by atoms with Crippen LogP contribution in [0.3, 0.4) is 0 Å². The number of carboxylic acids is 1. The van der Waals surface area contributed by atoms with Crippen molar-refractivity contribution in [3.63, 3.8) is 0 Å². The largest absolute Gasteiger partial charge is 0.481 e. The van der Waals surface area contributed by atoms with Crippen LogP contribution in [-0.2, 0) is 23.8 Å². The summed E-state index contributed by atoms with van der Waals surface area (Å²) >= 11 is 0. The number of esters is 1. The Hall–Kier alpha value is -2.52. The Morgan fingerprint density at radius 2 is 1.15 bits per heavy atom. The summed E-state index contributed by atoms with van der Waals surface area (Å²) in [4.78, 5) is 48.8. The number of likely N-dealkylation sites (tertiary alicyclic amines) is 2. The highest BCUT2D eigenvalue weighted by Gasteiger charge is 2.32. The van der Waals surface area contributed by atoms with E-state index in [0.29, 0.717) is 26.1 Å². The van der Waals surface area contributed by atoms with Crippen LogP contribution in [0.1, 0.15) is 67.2 Å². The van der Waals surface area contributed by atoms with Gasteiger partial charge in [0.25, 0.3) is 0 Å². The lowest BCUT2D eigenvalue weighted by molar-refractivity contribution is -0.147. The van der Waals surface area contributed by atoms with E-state index in [-0.39, 0.29) is 24.5 Å². The van der Waals surface area contributed by atoms with Crippen LogP contribution in [0.25, 0.3) is 0 Å². The molecular weight excluding hydrogens is 432 g/mol. The highest BCUT2D eigenvalue weighted by atomic mass is 16.6. The summed E-state index contributed by atoms with van der Waals surface area (Å²) < 4.78 is 15.2. The van der Waals surface area contributed by atoms with Gasteiger partial charge < -0.3 is 29.1 Å². The van der Waals surface area contributed by atoms with E-state index < -0.39 is 29.2 Å². The summed E-state index contributed by atoms with van der Waals surface area (Å²) in [5, 5.41) is 8.89. The zero-order valence-electron chi connectivity index (χ0n) is 21.0. The van der Waals surface area contributed by atoms with Gasteiger partial charge in [0.1, 0.15) is 11.2 Å². The fourth-order valence-corrected chi connectivity index (χ4v) is 3.50. The molecule has 10 heteroatoms. The lowest BCUT2D eigenvalue weighted by Gasteiger charge is -2.32. The van der Waals surface area contributed by atoms with E-state index >= 15 is 0 Å². The van der Waals surface area contributed by atoms with Crippen molar-refractivity contribution in [2.75, 3.05) is 33.3 Å². The first kappa shape index (κ1) is 28.5. The number of piperidine rings is 2. The normalized spacial score (nSPS) is 21.3. The molecule has 2 heterocycles. The predicted molar refractivity (Wildman–Crippen MR) is 121 cm³/mol. The van der Waals surface area contributed by atoms with Crippen molar-refractivity contribution >= 4 is 24.1 Å². The van der Waals surface area contributed by atoms with Crippen LogP contribution >= 0.6 is 0 Å². The maximum atomic E-state index is 11.8. The molecule has 33 heavy (non-hydrogen) atoms. The average molecular weight is 473 g/mol. The lowest BCUT2D eigenvalue weighted by Crippen LogP contribution is -2.44. The topological polar surface area (TPSA) is 123 Å². The first-order chi connectivity index (χ1) is 15.1. The van der Waals surface area contributed by atoms with Gasteiger partial charge in [-0.2, -0.15) is 0 Å². The molecule has 2 aliphatic rings. The Kier molecular flexibility index (Phi) is 10.4. The van der Waals surface area contributed by atoms with Gasteiger partial charge in [-0.25, -0.2) is 9.59 Å². The lowest BCUT2D eigenvalue weighted by atomic mass is 9.99. The van der Waals surface area contributed by atoms with Gasteiger partial charge in [0, 0.05) is 26.2 Å². The first-order valence-corrected chi connectivity index (χ1v) is 11.4. The molecule has 2 atom stereocenters. The predicted octanol–water partition coefficient (Wildman–Crippen LogP) is 3.52. The minimum Gasteiger partial charge on any atom is -0.481 e. The number of hydrogen-bond donors (Lipinski definition) is 1. The average Bonchev–Trinajstić information content (AvgIpc) is 2.71. The molecular formula is C23H40N2O8. The molecule has 0 aromatic rings. The van der Waals surface area contributed by atoms with Crippen LogP contribution in [0.4, 0.5) is 9.59 Å². The zero-order chi connectivity index (χ0) is 25.4. The van der Waals surface area contributed by atoms with E-state index in [9.17, 15) is 19.2 Å². The summed E-state index contributed by atoms with van der Waals surface area (Å²) in [5.74, 6) is -1.77. The number of hydrogen-bond acceptors (Lipinski definition) is 7. The van der Waals surface area contributed by atoms with E-state index in [1.807, 2.05) is 20.8 Å². The molecule has 2 fully saturated rings. The monoisotopic (exact) mass is 472 g/mol. The van der Waals surface area contributed by atoms with Gasteiger partial charge in [0.2, 0.25) is 0 Å². The number of carbonyl (C=O) groups is 4. The molecule has 0 aromatic heterocycles. The van der Waals surface area contributed by atoms with Gasteiger partial charge in [-0.1, -0.05) is 0 Å². The van der Waals surface area contributed by atoms with Crippen LogP contribution in [0.5, 0.6) is 0 Å². The standard InChI is InChI=1S/C12H21NO4.C11H19NO4/c1-12(2,3)17-11(15)13-7-5-6-9(8-13)10(14)16-4;1-11(2,3)16-10(15)12-6-4-5-8(7-12)9(13)14/h9H,5-8H2,1-4H3;8H,4-7H2,1-3H3,(H,13,14)/t9-;8-/m11/s1. The second-order valence-corrected chi connectivity index (χ2v) is 10.4. The smallest absolute Gasteiger partial charge is 0.410 e. The number of amides is 2. The molecule has 2 amide bonds. The second kappa shape index (κ2) is 12.1. The van der Waals surface area contributed by atoms with E-state index in [1.165, 1.54) is 12.0 Å². The number of rotatable bonds is 2. The molecule has 0 saturated carbocycles. The fourth-order valence-electron chi connectivity index (χ4n) is 3.50. The number of ether oxygens (including phenoxy) is 3. The van der Waals surface area contributed by atoms with Gasteiger partial charge >= 0.3 is 24.1 Å². The Labute approximate surface area is 196 Å². The number of carbonyl (C=O) groups excluding carboxylic acids is 3. The van der Waals surface area contributed by atoms with E-state index in [4.69, 9.17) is 19.3 Å². The maximum absolute atomic E-state index is 11.8. The van der Waals surface area contributed by atoms with Crippen LogP contribution in [0.2, 0.25) is 0 Å². The molecule has 0 spiro atoms. The van der Waals surface area contributed by atoms with Crippen molar-refractivity contribution in [1.29, 1.82) is 0 Å². The molecule has 0 unspecified atom stereocenters. The van der Waals surface area contributed by atoms with Gasteiger partial charge in [-0.05, 0) is 67.2 Å². The van der Waals surface area contributed by atoms with Crippen LogP contribution in [-0.4, -0.2) is 83.5 Å². The van der Waals surface area contributed by atoms with E-state index in [0.717, 1.165) is 19.3 Å². The van der Waals surface area contributed by atoms with Crippen LogP contribution in [0.15, 0.2) is 0 Å². The van der Waals surface area contributed by atoms with E-state index in [2.05, 4.69) is 0 Å². The number of nitrogens with zero attached hydrogens (tertiary/aromatic N) is 2. The van der Waals surface area contributed by atoms with Gasteiger partial charge in [0.05, 0.1) is 18.9 Å². The summed E-state index contributed by atoms with van der Waals surface area (Å²) in [6.45, 7) is 12.7. The van der Waals surface area contributed by atoms with Gasteiger partial charge in [0.15, 0.2) is 0 Å². The third-order valence-electron chi connectivity index (χ3n) is 5.03. The number of methoxy groups -OCH3 is 1. The maximum Gasteiger partial charge on any atom is 0.410 e. The molecule has 2 rings (SSSR count). The van der Waals surface area contributed by atoms with Gasteiger partial charge in [-0.3, -0.25) is 9.59 Å². The second-order valence-electron chi connectivity index (χ2n) is 10.4. The Bertz CT molecular complexity index is 696. The van der Waals surface area contributed by atoms with Gasteiger partial charge in [-0.15, -0.1) is 0 Å². The molecule has 2 aliphatic heterocycles. The Morgan fingerprint density at radius 1 is 0.758 bits per heavy atom. The first-order valence-electron chi connectivity index (χ1n) is 11.4. The molecule has 10 nitrogen and oxygen atoms in total. The molecule has 0 bridgehead atoms. The van der Waals surface area contributed by atoms with Crippen molar-refractivity contribution in [2.24, 2.45) is 11.8 Å².